The van der Waals surface area contributed by atoms with Crippen molar-refractivity contribution in [2.75, 3.05) is 5.32 Å². The number of rotatable bonds is 7. The maximum atomic E-state index is 12.5. The lowest BCUT2D eigenvalue weighted by Gasteiger charge is -2.17. The number of para-hydroxylation sites is 2. The first kappa shape index (κ1) is 19.3. The molecule has 142 valence electrons. The molecule has 1 heterocycles. The van der Waals surface area contributed by atoms with E-state index in [9.17, 15) is 18.3 Å². The van der Waals surface area contributed by atoms with Gasteiger partial charge in [0.2, 0.25) is 15.9 Å². The molecule has 8 heteroatoms. The van der Waals surface area contributed by atoms with Crippen LogP contribution in [0.25, 0.3) is 10.1 Å². The van der Waals surface area contributed by atoms with Gasteiger partial charge in [0.1, 0.15) is 11.8 Å². The first-order valence-corrected chi connectivity index (χ1v) is 11.0. The van der Waals surface area contributed by atoms with Crippen LogP contribution >= 0.6 is 11.3 Å². The zero-order valence-electron chi connectivity index (χ0n) is 14.7. The molecule has 0 spiro atoms. The Morgan fingerprint density at radius 2 is 1.96 bits per heavy atom. The number of hydrogen-bond donors (Lipinski definition) is 3. The summed E-state index contributed by atoms with van der Waals surface area (Å²) in [6.07, 6.45) is 0.280. The fourth-order valence-electron chi connectivity index (χ4n) is 2.71. The van der Waals surface area contributed by atoms with Gasteiger partial charge in [-0.15, -0.1) is 11.3 Å². The summed E-state index contributed by atoms with van der Waals surface area (Å²) >= 11 is 1.60. The molecule has 0 bridgehead atoms. The predicted molar refractivity (Wildman–Crippen MR) is 108 cm³/mol. The normalized spacial score (nSPS) is 12.8. The average molecular weight is 405 g/mol. The van der Waals surface area contributed by atoms with Gasteiger partial charge >= 0.3 is 0 Å². The van der Waals surface area contributed by atoms with Crippen molar-refractivity contribution in [2.24, 2.45) is 0 Å². The third-order valence-electron chi connectivity index (χ3n) is 4.08. The molecule has 27 heavy (non-hydrogen) atoms. The molecule has 3 aromatic rings. The van der Waals surface area contributed by atoms with Crippen molar-refractivity contribution >= 4 is 43.0 Å². The third-order valence-corrected chi connectivity index (χ3v) is 6.34. The predicted octanol–water partition coefficient (Wildman–Crippen LogP) is 3.44. The number of fused-ring (bicyclic) bond motifs is 1. The molecule has 0 aliphatic carbocycles. The van der Waals surface area contributed by atoms with Crippen LogP contribution in [0.2, 0.25) is 0 Å². The number of benzene rings is 2. The van der Waals surface area contributed by atoms with E-state index >= 15 is 0 Å². The molecule has 1 amide bonds. The molecule has 0 fully saturated rings. The Labute approximate surface area is 161 Å². The highest BCUT2D eigenvalue weighted by molar-refractivity contribution is 7.88. The molecule has 1 atom stereocenters. The molecule has 6 nitrogen and oxygen atoms in total. The lowest BCUT2D eigenvalue weighted by molar-refractivity contribution is -0.117. The number of hydrogen-bond acceptors (Lipinski definition) is 5. The van der Waals surface area contributed by atoms with Gasteiger partial charge in [0.25, 0.3) is 0 Å². The minimum atomic E-state index is -3.72. The number of carbonyl (C=O) groups is 1. The number of aromatic hydroxyl groups is 1. The van der Waals surface area contributed by atoms with Gasteiger partial charge in [0.15, 0.2) is 0 Å². The summed E-state index contributed by atoms with van der Waals surface area (Å²) in [5, 5.41) is 15.3. The topological polar surface area (TPSA) is 95.5 Å². The zero-order valence-corrected chi connectivity index (χ0v) is 16.3. The number of carbonyl (C=O) groups excluding carboxylic acids is 1. The van der Waals surface area contributed by atoms with E-state index in [1.165, 1.54) is 6.07 Å². The van der Waals surface area contributed by atoms with Crippen molar-refractivity contribution < 1.29 is 18.3 Å². The van der Waals surface area contributed by atoms with Crippen LogP contribution in [0, 0.1) is 0 Å². The number of phenolic OH excluding ortho intramolecular Hbond substituents is 1. The summed E-state index contributed by atoms with van der Waals surface area (Å²) in [4.78, 5) is 12.4. The maximum absolute atomic E-state index is 12.5. The van der Waals surface area contributed by atoms with E-state index < -0.39 is 22.0 Å². The minimum absolute atomic E-state index is 0.0763. The van der Waals surface area contributed by atoms with Gasteiger partial charge in [-0.1, -0.05) is 25.1 Å². The Kier molecular flexibility index (Phi) is 5.79. The molecule has 1 aromatic heterocycles. The van der Waals surface area contributed by atoms with Crippen LogP contribution in [0.4, 0.5) is 5.69 Å². The van der Waals surface area contributed by atoms with Crippen LogP contribution in [-0.2, 0) is 20.6 Å². The number of anilines is 1. The molecule has 0 aliphatic rings. The lowest BCUT2D eigenvalue weighted by Crippen LogP contribution is -2.43. The maximum Gasteiger partial charge on any atom is 0.242 e. The van der Waals surface area contributed by atoms with Crippen LogP contribution < -0.4 is 10.0 Å². The van der Waals surface area contributed by atoms with Crippen molar-refractivity contribution in [2.45, 2.75) is 25.1 Å². The average Bonchev–Trinajstić information content (AvgIpc) is 3.09. The number of sulfonamides is 1. The van der Waals surface area contributed by atoms with Crippen LogP contribution in [-0.4, -0.2) is 25.5 Å². The van der Waals surface area contributed by atoms with Crippen LogP contribution in [0.3, 0.4) is 0 Å². The second-order valence-corrected chi connectivity index (χ2v) is 8.84. The number of nitrogens with one attached hydrogen (secondary N) is 2. The Balaban J connectivity index is 1.70. The van der Waals surface area contributed by atoms with E-state index in [0.29, 0.717) is 5.56 Å². The largest absolute Gasteiger partial charge is 0.506 e. The van der Waals surface area contributed by atoms with E-state index in [0.717, 1.165) is 10.1 Å². The highest BCUT2D eigenvalue weighted by Crippen LogP contribution is 2.23. The van der Waals surface area contributed by atoms with Crippen molar-refractivity contribution in [3.8, 4) is 5.75 Å². The van der Waals surface area contributed by atoms with E-state index in [1.807, 2.05) is 23.6 Å². The van der Waals surface area contributed by atoms with E-state index in [1.54, 1.807) is 42.5 Å². The molecule has 0 saturated carbocycles. The third kappa shape index (κ3) is 4.85. The summed E-state index contributed by atoms with van der Waals surface area (Å²) in [6.45, 7) is 1.72. The second kappa shape index (κ2) is 8.08. The monoisotopic (exact) mass is 404 g/mol. The van der Waals surface area contributed by atoms with Crippen molar-refractivity contribution in [1.29, 1.82) is 0 Å². The summed E-state index contributed by atoms with van der Waals surface area (Å²) in [5.74, 6) is -0.803. The fraction of sp³-hybridized carbons (Fsp3) is 0.211. The van der Waals surface area contributed by atoms with Gasteiger partial charge in [-0.2, -0.15) is 0 Å². The minimum Gasteiger partial charge on any atom is -0.506 e. The molecular weight excluding hydrogens is 384 g/mol. The van der Waals surface area contributed by atoms with Crippen molar-refractivity contribution in [1.82, 2.24) is 4.72 Å². The Morgan fingerprint density at radius 1 is 1.19 bits per heavy atom. The van der Waals surface area contributed by atoms with Gasteiger partial charge in [-0.25, -0.2) is 13.1 Å². The van der Waals surface area contributed by atoms with E-state index in [4.69, 9.17) is 0 Å². The standard InChI is InChI=1S/C19H20N2O4S2/c1-2-15(19(23)20-16-5-3-4-6-17(16)22)21-27(24,25)12-13-7-8-18-14(11-13)9-10-26-18/h3-11,15,21-22H,2,12H2,1H3,(H,20,23)/t15-/m1/s1. The van der Waals surface area contributed by atoms with Gasteiger partial charge in [-0.05, 0) is 53.1 Å². The summed E-state index contributed by atoms with van der Waals surface area (Å²) in [6, 6.07) is 12.8. The van der Waals surface area contributed by atoms with Crippen LogP contribution in [0.1, 0.15) is 18.9 Å². The van der Waals surface area contributed by atoms with Gasteiger partial charge in [-0.3, -0.25) is 4.79 Å². The number of phenols is 1. The molecule has 3 rings (SSSR count). The van der Waals surface area contributed by atoms with Crippen molar-refractivity contribution in [3.63, 3.8) is 0 Å². The fourth-order valence-corrected chi connectivity index (χ4v) is 4.89. The molecule has 2 aromatic carbocycles. The second-order valence-electron chi connectivity index (χ2n) is 6.14. The lowest BCUT2D eigenvalue weighted by atomic mass is 10.2. The quantitative estimate of drug-likeness (QED) is 0.526. The summed E-state index contributed by atoms with van der Waals surface area (Å²) in [7, 11) is -3.72. The number of amides is 1. The highest BCUT2D eigenvalue weighted by Gasteiger charge is 2.24. The first-order valence-electron chi connectivity index (χ1n) is 8.43. The van der Waals surface area contributed by atoms with E-state index in [2.05, 4.69) is 10.0 Å². The smallest absolute Gasteiger partial charge is 0.242 e. The Bertz CT molecular complexity index is 1060. The Hall–Kier alpha value is -2.42. The van der Waals surface area contributed by atoms with Crippen LogP contribution in [0.15, 0.2) is 53.9 Å². The summed E-state index contributed by atoms with van der Waals surface area (Å²) < 4.78 is 28.6. The first-order chi connectivity index (χ1) is 12.9. The molecule has 0 saturated heterocycles. The Morgan fingerprint density at radius 3 is 2.70 bits per heavy atom. The highest BCUT2D eigenvalue weighted by atomic mass is 32.2. The number of thiophene rings is 1. The molecule has 3 N–H and O–H groups in total. The van der Waals surface area contributed by atoms with Gasteiger partial charge in [0, 0.05) is 4.70 Å². The molecule has 0 radical (unpaired) electrons. The van der Waals surface area contributed by atoms with Crippen LogP contribution in [0.5, 0.6) is 5.75 Å². The SMILES string of the molecule is CC[C@@H](NS(=O)(=O)Cc1ccc2sccc2c1)C(=O)Nc1ccccc1O. The van der Waals surface area contributed by atoms with Gasteiger partial charge < -0.3 is 10.4 Å². The summed E-state index contributed by atoms with van der Waals surface area (Å²) in [5.41, 5.74) is 0.896. The van der Waals surface area contributed by atoms with Gasteiger partial charge in [0.05, 0.1) is 11.4 Å². The zero-order chi connectivity index (χ0) is 19.4. The molecule has 0 aliphatic heterocycles. The van der Waals surface area contributed by atoms with Crippen molar-refractivity contribution in [3.05, 3.63) is 59.5 Å². The molecule has 0 unspecified atom stereocenters. The van der Waals surface area contributed by atoms with E-state index in [-0.39, 0.29) is 23.6 Å². The molecular formula is C19H20N2O4S2.